The number of hydrogen-bond acceptors (Lipinski definition) is 4. The highest BCUT2D eigenvalue weighted by Crippen LogP contribution is 2.21. The van der Waals surface area contributed by atoms with Crippen LogP contribution in [0, 0.1) is 6.92 Å². The smallest absolute Gasteiger partial charge is 0.187 e. The van der Waals surface area contributed by atoms with Crippen LogP contribution in [-0.2, 0) is 12.8 Å². The van der Waals surface area contributed by atoms with Gasteiger partial charge in [0.05, 0.1) is 0 Å². The van der Waals surface area contributed by atoms with Crippen molar-refractivity contribution < 1.29 is 0 Å². The van der Waals surface area contributed by atoms with Gasteiger partial charge in [-0.1, -0.05) is 17.7 Å². The van der Waals surface area contributed by atoms with Crippen LogP contribution in [0.5, 0.6) is 0 Å². The van der Waals surface area contributed by atoms with Gasteiger partial charge in [0.1, 0.15) is 5.82 Å². The molecule has 0 spiro atoms. The SMILES string of the molecule is Cc1ccc2[nH]cc(CCNC3=CC=NC(N)(Cc4ccc5[nH]ccc5c4)N3)c2c1. The van der Waals surface area contributed by atoms with E-state index in [2.05, 4.69) is 81.2 Å². The Morgan fingerprint density at radius 1 is 1.07 bits per heavy atom. The third-order valence-corrected chi connectivity index (χ3v) is 5.62. The molecule has 6 nitrogen and oxygen atoms in total. The minimum absolute atomic E-state index is 0.603. The molecule has 0 saturated heterocycles. The first-order valence-electron chi connectivity index (χ1n) is 10.3. The van der Waals surface area contributed by atoms with Crippen LogP contribution in [0.25, 0.3) is 21.8 Å². The second-order valence-electron chi connectivity index (χ2n) is 8.02. The maximum absolute atomic E-state index is 6.56. The fourth-order valence-electron chi connectivity index (χ4n) is 4.10. The van der Waals surface area contributed by atoms with Gasteiger partial charge in [0, 0.05) is 48.0 Å². The summed E-state index contributed by atoms with van der Waals surface area (Å²) >= 11 is 0. The molecule has 152 valence electrons. The van der Waals surface area contributed by atoms with Gasteiger partial charge >= 0.3 is 0 Å². The third kappa shape index (κ3) is 3.69. The van der Waals surface area contributed by atoms with E-state index in [9.17, 15) is 0 Å². The van der Waals surface area contributed by atoms with Gasteiger partial charge in [0.25, 0.3) is 0 Å². The largest absolute Gasteiger partial charge is 0.371 e. The van der Waals surface area contributed by atoms with Crippen molar-refractivity contribution in [3.63, 3.8) is 0 Å². The van der Waals surface area contributed by atoms with E-state index in [1.54, 1.807) is 6.21 Å². The molecule has 3 heterocycles. The highest BCUT2D eigenvalue weighted by Gasteiger charge is 2.26. The van der Waals surface area contributed by atoms with Crippen LogP contribution in [0.4, 0.5) is 0 Å². The Balaban J connectivity index is 1.22. The number of benzene rings is 2. The summed E-state index contributed by atoms with van der Waals surface area (Å²) < 4.78 is 0. The van der Waals surface area contributed by atoms with Crippen molar-refractivity contribution >= 4 is 28.0 Å². The number of nitrogens with zero attached hydrogens (tertiary/aromatic N) is 1. The number of aromatic nitrogens is 2. The number of rotatable bonds is 6. The molecule has 5 rings (SSSR count). The lowest BCUT2D eigenvalue weighted by Gasteiger charge is -2.31. The molecule has 0 fully saturated rings. The summed E-state index contributed by atoms with van der Waals surface area (Å²) in [4.78, 5) is 11.1. The molecule has 0 aliphatic carbocycles. The molecule has 0 radical (unpaired) electrons. The van der Waals surface area contributed by atoms with Gasteiger partial charge in [-0.15, -0.1) is 0 Å². The van der Waals surface area contributed by atoms with Gasteiger partial charge in [-0.05, 0) is 66.3 Å². The van der Waals surface area contributed by atoms with E-state index in [0.717, 1.165) is 29.9 Å². The lowest BCUT2D eigenvalue weighted by Crippen LogP contribution is -2.56. The van der Waals surface area contributed by atoms with Gasteiger partial charge in [-0.25, -0.2) is 0 Å². The number of nitrogens with one attached hydrogen (secondary N) is 4. The van der Waals surface area contributed by atoms with Crippen LogP contribution in [0.15, 0.2) is 71.7 Å². The average Bonchev–Trinajstić information content (AvgIpc) is 3.34. The first-order valence-corrected chi connectivity index (χ1v) is 10.3. The normalized spacial score (nSPS) is 18.5. The number of H-pyrrole nitrogens is 2. The Labute approximate surface area is 175 Å². The maximum Gasteiger partial charge on any atom is 0.187 e. The molecule has 2 aromatic carbocycles. The number of aryl methyl sites for hydroxylation is 1. The molecule has 1 aliphatic rings. The standard InChI is InChI=1S/C24H26N6/c1-16-2-4-22-20(12-16)19(15-28-22)7-10-27-23-8-11-29-24(25,30-23)14-17-3-5-21-18(13-17)6-9-26-21/h2-6,8-9,11-13,15,26-28,30H,7,10,14,25H2,1H3. The Morgan fingerprint density at radius 2 is 1.97 bits per heavy atom. The van der Waals surface area contributed by atoms with Gasteiger partial charge in [-0.2, -0.15) is 0 Å². The van der Waals surface area contributed by atoms with Gasteiger partial charge in [0.2, 0.25) is 0 Å². The molecule has 0 saturated carbocycles. The van der Waals surface area contributed by atoms with Crippen LogP contribution in [0.3, 0.4) is 0 Å². The van der Waals surface area contributed by atoms with Gasteiger partial charge in [0.15, 0.2) is 5.79 Å². The summed E-state index contributed by atoms with van der Waals surface area (Å²) in [6, 6.07) is 14.9. The number of aliphatic imine (C=N–C) groups is 1. The Kier molecular flexibility index (Phi) is 4.56. The van der Waals surface area contributed by atoms with E-state index in [-0.39, 0.29) is 0 Å². The van der Waals surface area contributed by atoms with Crippen molar-refractivity contribution in [1.29, 1.82) is 0 Å². The summed E-state index contributed by atoms with van der Waals surface area (Å²) in [5, 5.41) is 9.29. The van der Waals surface area contributed by atoms with Crippen LogP contribution >= 0.6 is 0 Å². The van der Waals surface area contributed by atoms with E-state index in [4.69, 9.17) is 5.73 Å². The van der Waals surface area contributed by atoms with Crippen molar-refractivity contribution in [3.05, 3.63) is 83.4 Å². The Morgan fingerprint density at radius 3 is 2.90 bits per heavy atom. The van der Waals surface area contributed by atoms with Crippen molar-refractivity contribution in [3.8, 4) is 0 Å². The van der Waals surface area contributed by atoms with E-state index in [1.165, 1.54) is 27.4 Å². The van der Waals surface area contributed by atoms with Crippen LogP contribution in [0.2, 0.25) is 0 Å². The number of fused-ring (bicyclic) bond motifs is 2. The molecule has 1 atom stereocenters. The zero-order valence-corrected chi connectivity index (χ0v) is 17.0. The second-order valence-corrected chi connectivity index (χ2v) is 8.02. The monoisotopic (exact) mass is 398 g/mol. The van der Waals surface area contributed by atoms with Crippen LogP contribution in [0.1, 0.15) is 16.7 Å². The number of allylic oxidation sites excluding steroid dienone is 1. The zero-order chi connectivity index (χ0) is 20.6. The van der Waals surface area contributed by atoms with Crippen molar-refractivity contribution in [1.82, 2.24) is 20.6 Å². The second kappa shape index (κ2) is 7.39. The summed E-state index contributed by atoms with van der Waals surface area (Å²) in [5.74, 6) is 0.0325. The van der Waals surface area contributed by atoms with E-state index < -0.39 is 5.79 Å². The van der Waals surface area contributed by atoms with E-state index >= 15 is 0 Å². The molecule has 0 amide bonds. The van der Waals surface area contributed by atoms with Crippen molar-refractivity contribution in [2.24, 2.45) is 10.7 Å². The van der Waals surface area contributed by atoms with Gasteiger partial charge < -0.3 is 20.6 Å². The molecule has 6 N–H and O–H groups in total. The van der Waals surface area contributed by atoms with E-state index in [1.807, 2.05) is 12.3 Å². The van der Waals surface area contributed by atoms with E-state index in [0.29, 0.717) is 6.42 Å². The quantitative estimate of drug-likeness (QED) is 0.344. The predicted molar refractivity (Wildman–Crippen MR) is 123 cm³/mol. The third-order valence-electron chi connectivity index (χ3n) is 5.62. The van der Waals surface area contributed by atoms with Crippen LogP contribution < -0.4 is 16.4 Å². The summed E-state index contributed by atoms with van der Waals surface area (Å²) in [7, 11) is 0. The molecule has 0 bridgehead atoms. The fraction of sp³-hybridized carbons (Fsp3) is 0.208. The summed E-state index contributed by atoms with van der Waals surface area (Å²) in [5.41, 5.74) is 12.6. The lowest BCUT2D eigenvalue weighted by molar-refractivity contribution is 0.366. The summed E-state index contributed by atoms with van der Waals surface area (Å²) in [6.07, 6.45) is 9.28. The van der Waals surface area contributed by atoms with Crippen molar-refractivity contribution in [2.45, 2.75) is 25.6 Å². The first kappa shape index (κ1) is 18.5. The predicted octanol–water partition coefficient (Wildman–Crippen LogP) is 3.46. The fourth-order valence-corrected chi connectivity index (χ4v) is 4.10. The topological polar surface area (TPSA) is 94.0 Å². The minimum atomic E-state index is -0.862. The molecular weight excluding hydrogens is 372 g/mol. The molecule has 1 aliphatic heterocycles. The maximum atomic E-state index is 6.56. The number of nitrogens with two attached hydrogens (primary N) is 1. The van der Waals surface area contributed by atoms with Crippen LogP contribution in [-0.4, -0.2) is 28.5 Å². The Hall–Kier alpha value is -3.51. The molecular formula is C24H26N6. The molecule has 2 aromatic heterocycles. The number of aromatic amines is 2. The highest BCUT2D eigenvalue weighted by atomic mass is 15.3. The minimum Gasteiger partial charge on any atom is -0.371 e. The van der Waals surface area contributed by atoms with Gasteiger partial charge in [-0.3, -0.25) is 10.7 Å². The molecule has 4 aromatic rings. The lowest BCUT2D eigenvalue weighted by atomic mass is 10.0. The average molecular weight is 399 g/mol. The molecule has 30 heavy (non-hydrogen) atoms. The zero-order valence-electron chi connectivity index (χ0n) is 17.0. The molecule has 1 unspecified atom stereocenters. The molecule has 6 heteroatoms. The van der Waals surface area contributed by atoms with Crippen molar-refractivity contribution in [2.75, 3.05) is 6.54 Å². The number of hydrogen-bond donors (Lipinski definition) is 5. The Bertz CT molecular complexity index is 1260. The first-order chi connectivity index (χ1) is 14.6. The summed E-state index contributed by atoms with van der Waals surface area (Å²) in [6.45, 7) is 2.93. The highest BCUT2D eigenvalue weighted by molar-refractivity contribution is 5.84.